The minimum absolute atomic E-state index is 0.0111. The van der Waals surface area contributed by atoms with E-state index in [1.54, 1.807) is 24.3 Å². The molecule has 0 bridgehead atoms. The molecule has 124 valence electrons. The predicted molar refractivity (Wildman–Crippen MR) is 84.7 cm³/mol. The van der Waals surface area contributed by atoms with Crippen LogP contribution in [0.25, 0.3) is 0 Å². The lowest BCUT2D eigenvalue weighted by molar-refractivity contribution is -0.384. The molecule has 2 aromatic rings. The maximum Gasteiger partial charge on any atom is 0.415 e. The molecule has 0 aliphatic rings. The number of anilines is 1. The van der Waals surface area contributed by atoms with Gasteiger partial charge in [0.1, 0.15) is 13.2 Å². The molecule has 0 spiro atoms. The number of amides is 1. The first kappa shape index (κ1) is 16.9. The number of nitrogens with zero attached hydrogens (tertiary/aromatic N) is 2. The Morgan fingerprint density at radius 2 is 1.71 bits per heavy atom. The zero-order valence-electron chi connectivity index (χ0n) is 12.5. The summed E-state index contributed by atoms with van der Waals surface area (Å²) >= 11 is 0. The molecule has 24 heavy (non-hydrogen) atoms. The van der Waals surface area contributed by atoms with E-state index in [9.17, 15) is 19.7 Å². The van der Waals surface area contributed by atoms with Gasteiger partial charge in [-0.15, -0.1) is 0 Å². The monoisotopic (exact) mass is 330 g/mol. The van der Waals surface area contributed by atoms with Gasteiger partial charge in [-0.1, -0.05) is 30.3 Å². The van der Waals surface area contributed by atoms with E-state index < -0.39 is 23.5 Å². The van der Waals surface area contributed by atoms with E-state index in [1.807, 2.05) is 6.07 Å². The van der Waals surface area contributed by atoms with E-state index in [0.717, 1.165) is 10.5 Å². The number of hydrogen-bond donors (Lipinski definition) is 1. The molecular weight excluding hydrogens is 316 g/mol. The number of non-ortho nitro benzene ring substituents is 1. The number of rotatable bonds is 6. The van der Waals surface area contributed by atoms with Crippen molar-refractivity contribution in [1.29, 1.82) is 0 Å². The van der Waals surface area contributed by atoms with Crippen LogP contribution in [0, 0.1) is 10.1 Å². The topological polar surface area (TPSA) is 110 Å². The fourth-order valence-electron chi connectivity index (χ4n) is 1.95. The van der Waals surface area contributed by atoms with Crippen LogP contribution in [0.4, 0.5) is 16.2 Å². The molecule has 2 aromatic carbocycles. The van der Waals surface area contributed by atoms with Crippen LogP contribution >= 0.6 is 0 Å². The van der Waals surface area contributed by atoms with Crippen LogP contribution in [0.5, 0.6) is 0 Å². The van der Waals surface area contributed by atoms with Gasteiger partial charge >= 0.3 is 12.1 Å². The lowest BCUT2D eigenvalue weighted by atomic mass is 10.2. The van der Waals surface area contributed by atoms with Crippen LogP contribution in [0.3, 0.4) is 0 Å². The molecule has 0 aliphatic heterocycles. The molecule has 0 unspecified atom stereocenters. The molecule has 8 heteroatoms. The summed E-state index contributed by atoms with van der Waals surface area (Å²) in [7, 11) is 0. The summed E-state index contributed by atoms with van der Waals surface area (Å²) in [5.74, 6) is -1.23. The fraction of sp³-hybridized carbons (Fsp3) is 0.125. The number of carboxylic acid groups (broad SMARTS) is 1. The zero-order chi connectivity index (χ0) is 17.5. The van der Waals surface area contributed by atoms with Crippen molar-refractivity contribution in [2.75, 3.05) is 11.4 Å². The van der Waals surface area contributed by atoms with Gasteiger partial charge in [0.2, 0.25) is 0 Å². The Labute approximate surface area is 137 Å². The lowest BCUT2D eigenvalue weighted by Crippen LogP contribution is -2.36. The number of hydrogen-bond acceptors (Lipinski definition) is 5. The summed E-state index contributed by atoms with van der Waals surface area (Å²) in [6.45, 7) is -0.631. The van der Waals surface area contributed by atoms with E-state index in [4.69, 9.17) is 9.84 Å². The molecule has 0 aromatic heterocycles. The Balaban J connectivity index is 2.13. The molecule has 8 nitrogen and oxygen atoms in total. The van der Waals surface area contributed by atoms with Gasteiger partial charge in [-0.3, -0.25) is 19.8 Å². The van der Waals surface area contributed by atoms with Crippen molar-refractivity contribution in [3.8, 4) is 0 Å². The van der Waals surface area contributed by atoms with Crippen LogP contribution in [0.2, 0.25) is 0 Å². The Hall–Kier alpha value is -3.42. The number of benzene rings is 2. The third-order valence-corrected chi connectivity index (χ3v) is 3.09. The summed E-state index contributed by atoms with van der Waals surface area (Å²) in [5.41, 5.74) is 0.789. The van der Waals surface area contributed by atoms with Crippen LogP contribution in [0.1, 0.15) is 5.56 Å². The molecule has 0 heterocycles. The summed E-state index contributed by atoms with van der Waals surface area (Å²) in [4.78, 5) is 34.1. The van der Waals surface area contributed by atoms with Gasteiger partial charge in [-0.2, -0.15) is 0 Å². The first-order valence-electron chi connectivity index (χ1n) is 6.92. The first-order chi connectivity index (χ1) is 11.5. The molecule has 1 amide bonds. The van der Waals surface area contributed by atoms with Gasteiger partial charge in [0.25, 0.3) is 5.69 Å². The normalized spacial score (nSPS) is 10.0. The van der Waals surface area contributed by atoms with Crippen molar-refractivity contribution < 1.29 is 24.4 Å². The number of nitro groups is 1. The van der Waals surface area contributed by atoms with Crippen molar-refractivity contribution in [2.24, 2.45) is 0 Å². The molecule has 1 N–H and O–H groups in total. The van der Waals surface area contributed by atoms with E-state index in [2.05, 4.69) is 0 Å². The maximum atomic E-state index is 12.2. The second-order valence-electron chi connectivity index (χ2n) is 4.79. The number of carbonyl (C=O) groups excluding carboxylic acids is 1. The molecule has 2 rings (SSSR count). The van der Waals surface area contributed by atoms with Crippen LogP contribution < -0.4 is 4.90 Å². The van der Waals surface area contributed by atoms with Crippen LogP contribution in [-0.4, -0.2) is 28.6 Å². The Bertz CT molecular complexity index is 730. The highest BCUT2D eigenvalue weighted by Gasteiger charge is 2.21. The Morgan fingerprint density at radius 3 is 2.25 bits per heavy atom. The molecule has 0 saturated heterocycles. The summed E-state index contributed by atoms with van der Waals surface area (Å²) in [5, 5.41) is 19.6. The van der Waals surface area contributed by atoms with Gasteiger partial charge < -0.3 is 9.84 Å². The minimum Gasteiger partial charge on any atom is -0.480 e. The minimum atomic E-state index is -1.23. The SMILES string of the molecule is O=C(O)CN(C(=O)OCc1ccccc1)c1ccc([N+](=O)[O-])cc1. The number of aliphatic carboxylic acids is 1. The second kappa shape index (κ2) is 7.73. The molecule has 0 atom stereocenters. The van der Waals surface area contributed by atoms with Crippen molar-refractivity contribution in [3.05, 3.63) is 70.3 Å². The first-order valence-corrected chi connectivity index (χ1v) is 6.92. The molecule has 0 radical (unpaired) electrons. The number of ether oxygens (including phenoxy) is 1. The lowest BCUT2D eigenvalue weighted by Gasteiger charge is -2.20. The second-order valence-corrected chi connectivity index (χ2v) is 4.79. The molecule has 0 aliphatic carbocycles. The van der Waals surface area contributed by atoms with Crippen molar-refractivity contribution >= 4 is 23.4 Å². The van der Waals surface area contributed by atoms with Gasteiger partial charge in [0.05, 0.1) is 4.92 Å². The maximum absolute atomic E-state index is 12.2. The Morgan fingerprint density at radius 1 is 1.08 bits per heavy atom. The molecule has 0 saturated carbocycles. The third-order valence-electron chi connectivity index (χ3n) is 3.09. The van der Waals surface area contributed by atoms with Gasteiger partial charge in [0, 0.05) is 17.8 Å². The quantitative estimate of drug-likeness (QED) is 0.644. The van der Waals surface area contributed by atoms with E-state index in [1.165, 1.54) is 24.3 Å². The van der Waals surface area contributed by atoms with Crippen molar-refractivity contribution in [2.45, 2.75) is 6.61 Å². The van der Waals surface area contributed by atoms with E-state index >= 15 is 0 Å². The Kier molecular flexibility index (Phi) is 5.45. The van der Waals surface area contributed by atoms with Gasteiger partial charge in [-0.25, -0.2) is 4.79 Å². The molecular formula is C16H14N2O6. The highest BCUT2D eigenvalue weighted by Crippen LogP contribution is 2.20. The summed E-state index contributed by atoms with van der Waals surface area (Å²) in [6.07, 6.45) is -0.852. The van der Waals surface area contributed by atoms with Crippen LogP contribution in [0.15, 0.2) is 54.6 Å². The van der Waals surface area contributed by atoms with Gasteiger partial charge in [0.15, 0.2) is 0 Å². The highest BCUT2D eigenvalue weighted by molar-refractivity contribution is 5.93. The smallest absolute Gasteiger partial charge is 0.415 e. The fourth-order valence-corrected chi connectivity index (χ4v) is 1.95. The largest absolute Gasteiger partial charge is 0.480 e. The average Bonchev–Trinajstić information content (AvgIpc) is 2.58. The summed E-state index contributed by atoms with van der Waals surface area (Å²) in [6, 6.07) is 13.9. The van der Waals surface area contributed by atoms with Gasteiger partial charge in [-0.05, 0) is 17.7 Å². The number of carboxylic acids is 1. The van der Waals surface area contributed by atoms with E-state index in [-0.39, 0.29) is 18.0 Å². The molecule has 0 fully saturated rings. The van der Waals surface area contributed by atoms with Crippen LogP contribution in [-0.2, 0) is 16.1 Å². The van der Waals surface area contributed by atoms with Crippen molar-refractivity contribution in [1.82, 2.24) is 0 Å². The van der Waals surface area contributed by atoms with E-state index in [0.29, 0.717) is 0 Å². The standard InChI is InChI=1S/C16H14N2O6/c19-15(20)10-17(13-6-8-14(9-7-13)18(22)23)16(21)24-11-12-4-2-1-3-5-12/h1-9H,10-11H2,(H,19,20). The van der Waals surface area contributed by atoms with Crippen molar-refractivity contribution in [3.63, 3.8) is 0 Å². The third kappa shape index (κ3) is 4.54. The average molecular weight is 330 g/mol. The predicted octanol–water partition coefficient (Wildman–Crippen LogP) is 2.82. The number of nitro benzene ring substituents is 1. The summed E-state index contributed by atoms with van der Waals surface area (Å²) < 4.78 is 5.11. The number of carbonyl (C=O) groups is 2. The highest BCUT2D eigenvalue weighted by atomic mass is 16.6. The zero-order valence-corrected chi connectivity index (χ0v) is 12.5.